The summed E-state index contributed by atoms with van der Waals surface area (Å²) in [6.07, 6.45) is 0.423. The highest BCUT2D eigenvalue weighted by Gasteiger charge is 2.14. The fourth-order valence-electron chi connectivity index (χ4n) is 2.50. The van der Waals surface area contributed by atoms with E-state index in [4.69, 9.17) is 0 Å². The van der Waals surface area contributed by atoms with E-state index in [1.165, 1.54) is 6.07 Å². The summed E-state index contributed by atoms with van der Waals surface area (Å²) in [6, 6.07) is 15.7. The van der Waals surface area contributed by atoms with Crippen molar-refractivity contribution in [3.05, 3.63) is 71.5 Å². The predicted molar refractivity (Wildman–Crippen MR) is 88.3 cm³/mol. The predicted octanol–water partition coefficient (Wildman–Crippen LogP) is 3.39. The van der Waals surface area contributed by atoms with Gasteiger partial charge in [0.05, 0.1) is 6.10 Å². The summed E-state index contributed by atoms with van der Waals surface area (Å²) in [6.45, 7) is 1.85. The minimum atomic E-state index is -0.613. The molecule has 2 rings (SSSR count). The molecule has 2 aromatic carbocycles. The molecule has 0 aromatic heterocycles. The molecule has 2 atom stereocenters. The van der Waals surface area contributed by atoms with Crippen molar-refractivity contribution < 1.29 is 14.3 Å². The highest BCUT2D eigenvalue weighted by Crippen LogP contribution is 2.17. The SMILES string of the molecule is CC(CC(O)c1ccccc1)NC(=O)CCc1ccccc1F. The van der Waals surface area contributed by atoms with E-state index in [1.807, 2.05) is 37.3 Å². The Morgan fingerprint density at radius 1 is 1.13 bits per heavy atom. The summed E-state index contributed by atoms with van der Waals surface area (Å²) in [5.41, 5.74) is 1.37. The van der Waals surface area contributed by atoms with Gasteiger partial charge in [0.2, 0.25) is 5.91 Å². The molecule has 0 bridgehead atoms. The smallest absolute Gasteiger partial charge is 0.220 e. The summed E-state index contributed by atoms with van der Waals surface area (Å²) in [5, 5.41) is 13.0. The normalized spacial score (nSPS) is 13.3. The summed E-state index contributed by atoms with van der Waals surface area (Å²) < 4.78 is 13.5. The van der Waals surface area contributed by atoms with E-state index in [9.17, 15) is 14.3 Å². The average molecular weight is 315 g/mol. The number of carbonyl (C=O) groups excluding carboxylic acids is 1. The molecule has 122 valence electrons. The Morgan fingerprint density at radius 2 is 1.78 bits per heavy atom. The fraction of sp³-hybridized carbons (Fsp3) is 0.316. The minimum absolute atomic E-state index is 0.138. The fourth-order valence-corrected chi connectivity index (χ4v) is 2.50. The van der Waals surface area contributed by atoms with Crippen LogP contribution in [0.15, 0.2) is 54.6 Å². The Bertz CT molecular complexity index is 630. The van der Waals surface area contributed by atoms with Gasteiger partial charge in [0.15, 0.2) is 0 Å². The van der Waals surface area contributed by atoms with Gasteiger partial charge in [-0.15, -0.1) is 0 Å². The Kier molecular flexibility index (Phi) is 6.29. The van der Waals surface area contributed by atoms with Crippen LogP contribution in [-0.2, 0) is 11.2 Å². The van der Waals surface area contributed by atoms with Crippen molar-refractivity contribution in [3.63, 3.8) is 0 Å². The van der Waals surface area contributed by atoms with Gasteiger partial charge in [-0.1, -0.05) is 48.5 Å². The van der Waals surface area contributed by atoms with E-state index in [1.54, 1.807) is 18.2 Å². The number of rotatable bonds is 7. The van der Waals surface area contributed by atoms with Crippen molar-refractivity contribution in [3.8, 4) is 0 Å². The largest absolute Gasteiger partial charge is 0.388 e. The molecule has 0 radical (unpaired) electrons. The second-order valence-corrected chi connectivity index (χ2v) is 5.72. The Labute approximate surface area is 136 Å². The van der Waals surface area contributed by atoms with Gasteiger partial charge in [-0.3, -0.25) is 4.79 Å². The van der Waals surface area contributed by atoms with E-state index in [0.29, 0.717) is 18.4 Å². The lowest BCUT2D eigenvalue weighted by atomic mass is 10.0. The third-order valence-electron chi connectivity index (χ3n) is 3.75. The molecule has 0 spiro atoms. The quantitative estimate of drug-likeness (QED) is 0.823. The molecule has 2 aromatic rings. The summed E-state index contributed by atoms with van der Waals surface area (Å²) in [4.78, 5) is 11.9. The number of carbonyl (C=O) groups is 1. The average Bonchev–Trinajstić information content (AvgIpc) is 2.54. The molecule has 0 saturated carbocycles. The molecule has 0 aliphatic carbocycles. The minimum Gasteiger partial charge on any atom is -0.388 e. The van der Waals surface area contributed by atoms with E-state index < -0.39 is 6.10 Å². The van der Waals surface area contributed by atoms with Gasteiger partial charge in [-0.25, -0.2) is 4.39 Å². The molecule has 0 aliphatic rings. The lowest BCUT2D eigenvalue weighted by Crippen LogP contribution is -2.33. The van der Waals surface area contributed by atoms with E-state index in [2.05, 4.69) is 5.32 Å². The van der Waals surface area contributed by atoms with Crippen LogP contribution in [0.4, 0.5) is 4.39 Å². The molecule has 3 nitrogen and oxygen atoms in total. The third-order valence-corrected chi connectivity index (χ3v) is 3.75. The molecule has 0 aliphatic heterocycles. The maximum Gasteiger partial charge on any atom is 0.220 e. The van der Waals surface area contributed by atoms with Gasteiger partial charge in [0.1, 0.15) is 5.82 Å². The van der Waals surface area contributed by atoms with Gasteiger partial charge < -0.3 is 10.4 Å². The number of aliphatic hydroxyl groups excluding tert-OH is 1. The number of halogens is 1. The first-order valence-electron chi connectivity index (χ1n) is 7.82. The van der Waals surface area contributed by atoms with Crippen LogP contribution in [0.5, 0.6) is 0 Å². The number of nitrogens with one attached hydrogen (secondary N) is 1. The highest BCUT2D eigenvalue weighted by atomic mass is 19.1. The van der Waals surface area contributed by atoms with Crippen LogP contribution in [-0.4, -0.2) is 17.1 Å². The van der Waals surface area contributed by atoms with Crippen molar-refractivity contribution in [2.75, 3.05) is 0 Å². The van der Waals surface area contributed by atoms with Crippen molar-refractivity contribution in [2.45, 2.75) is 38.3 Å². The zero-order valence-corrected chi connectivity index (χ0v) is 13.2. The van der Waals surface area contributed by atoms with Crippen LogP contribution < -0.4 is 5.32 Å². The number of aliphatic hydroxyl groups is 1. The second-order valence-electron chi connectivity index (χ2n) is 5.72. The number of hydrogen-bond acceptors (Lipinski definition) is 2. The maximum absolute atomic E-state index is 13.5. The second kappa shape index (κ2) is 8.44. The lowest BCUT2D eigenvalue weighted by molar-refractivity contribution is -0.121. The van der Waals surface area contributed by atoms with Gasteiger partial charge in [0, 0.05) is 12.5 Å². The van der Waals surface area contributed by atoms with Crippen molar-refractivity contribution >= 4 is 5.91 Å². The molecule has 4 heteroatoms. The molecule has 0 saturated heterocycles. The molecular weight excluding hydrogens is 293 g/mol. The van der Waals surface area contributed by atoms with Gasteiger partial charge in [-0.2, -0.15) is 0 Å². The van der Waals surface area contributed by atoms with Crippen LogP contribution in [0.2, 0.25) is 0 Å². The highest BCUT2D eigenvalue weighted by molar-refractivity contribution is 5.76. The number of hydrogen-bond donors (Lipinski definition) is 2. The van der Waals surface area contributed by atoms with Gasteiger partial charge in [0.25, 0.3) is 0 Å². The van der Waals surface area contributed by atoms with Gasteiger partial charge in [-0.05, 0) is 37.0 Å². The van der Waals surface area contributed by atoms with E-state index in [-0.39, 0.29) is 24.2 Å². The zero-order valence-electron chi connectivity index (χ0n) is 13.2. The summed E-state index contributed by atoms with van der Waals surface area (Å²) >= 11 is 0. The van der Waals surface area contributed by atoms with Crippen LogP contribution in [0, 0.1) is 5.82 Å². The molecule has 2 unspecified atom stereocenters. The van der Waals surface area contributed by atoms with Crippen molar-refractivity contribution in [2.24, 2.45) is 0 Å². The molecular formula is C19H22FNO2. The first-order valence-corrected chi connectivity index (χ1v) is 7.82. The Morgan fingerprint density at radius 3 is 2.48 bits per heavy atom. The molecule has 0 fully saturated rings. The number of aryl methyl sites for hydroxylation is 1. The summed E-state index contributed by atoms with van der Waals surface area (Å²) in [7, 11) is 0. The molecule has 0 heterocycles. The monoisotopic (exact) mass is 315 g/mol. The zero-order chi connectivity index (χ0) is 16.7. The summed E-state index contributed by atoms with van der Waals surface area (Å²) in [5.74, 6) is -0.422. The van der Waals surface area contributed by atoms with Crippen LogP contribution in [0.25, 0.3) is 0 Å². The molecule has 1 amide bonds. The Hall–Kier alpha value is -2.20. The van der Waals surface area contributed by atoms with Crippen LogP contribution in [0.1, 0.15) is 37.0 Å². The first-order chi connectivity index (χ1) is 11.1. The van der Waals surface area contributed by atoms with Crippen LogP contribution >= 0.6 is 0 Å². The van der Waals surface area contributed by atoms with Gasteiger partial charge >= 0.3 is 0 Å². The number of benzene rings is 2. The molecule has 23 heavy (non-hydrogen) atoms. The van der Waals surface area contributed by atoms with Crippen molar-refractivity contribution in [1.29, 1.82) is 0 Å². The lowest BCUT2D eigenvalue weighted by Gasteiger charge is -2.18. The Balaban J connectivity index is 1.77. The van der Waals surface area contributed by atoms with Crippen molar-refractivity contribution in [1.82, 2.24) is 5.32 Å². The maximum atomic E-state index is 13.5. The topological polar surface area (TPSA) is 49.3 Å². The third kappa shape index (κ3) is 5.49. The van der Waals surface area contributed by atoms with E-state index >= 15 is 0 Å². The standard InChI is InChI=1S/C19H22FNO2/c1-14(13-18(22)16-8-3-2-4-9-16)21-19(23)12-11-15-7-5-6-10-17(15)20/h2-10,14,18,22H,11-13H2,1H3,(H,21,23). The number of amides is 1. The van der Waals surface area contributed by atoms with Crippen LogP contribution in [0.3, 0.4) is 0 Å². The molecule has 2 N–H and O–H groups in total. The van der Waals surface area contributed by atoms with E-state index in [0.717, 1.165) is 5.56 Å². The first kappa shape index (κ1) is 17.2.